The topological polar surface area (TPSA) is 51.0 Å². The minimum atomic E-state index is 0.187. The summed E-state index contributed by atoms with van der Waals surface area (Å²) < 4.78 is 2.33. The van der Waals surface area contributed by atoms with Crippen molar-refractivity contribution >= 4 is 5.91 Å². The largest absolute Gasteiger partial charge is 0.338 e. The number of rotatable bonds is 3. The molecular formula is C18H28N4O. The zero-order valence-electron chi connectivity index (χ0n) is 14.4. The highest BCUT2D eigenvalue weighted by Crippen LogP contribution is 2.28. The van der Waals surface area contributed by atoms with Gasteiger partial charge in [-0.2, -0.15) is 0 Å². The maximum Gasteiger partial charge on any atom is 0.249 e. The van der Waals surface area contributed by atoms with Crippen LogP contribution in [0.15, 0.2) is 11.6 Å². The summed E-state index contributed by atoms with van der Waals surface area (Å²) in [6, 6.07) is 0. The lowest BCUT2D eigenvalue weighted by atomic mass is 9.96. The summed E-state index contributed by atoms with van der Waals surface area (Å²) in [5.74, 6) is 2.77. The summed E-state index contributed by atoms with van der Waals surface area (Å²) in [6.45, 7) is 6.69. The number of aromatic nitrogens is 3. The van der Waals surface area contributed by atoms with Gasteiger partial charge in [-0.25, -0.2) is 0 Å². The van der Waals surface area contributed by atoms with E-state index in [4.69, 9.17) is 0 Å². The van der Waals surface area contributed by atoms with Gasteiger partial charge in [0.15, 0.2) is 0 Å². The van der Waals surface area contributed by atoms with Crippen LogP contribution in [-0.4, -0.2) is 38.7 Å². The minimum absolute atomic E-state index is 0.187. The summed E-state index contributed by atoms with van der Waals surface area (Å²) in [7, 11) is 0. The predicted molar refractivity (Wildman–Crippen MR) is 90.2 cm³/mol. The third-order valence-corrected chi connectivity index (χ3v) is 5.06. The molecule has 126 valence electrons. The molecule has 0 aromatic carbocycles. The van der Waals surface area contributed by atoms with Crippen LogP contribution in [-0.2, 0) is 17.8 Å². The smallest absolute Gasteiger partial charge is 0.249 e. The van der Waals surface area contributed by atoms with Gasteiger partial charge in [0.2, 0.25) is 5.91 Å². The van der Waals surface area contributed by atoms with E-state index in [1.807, 2.05) is 17.9 Å². The second kappa shape index (κ2) is 7.28. The van der Waals surface area contributed by atoms with Crippen LogP contribution in [0.25, 0.3) is 0 Å². The van der Waals surface area contributed by atoms with Crippen molar-refractivity contribution in [1.29, 1.82) is 0 Å². The molecule has 0 spiro atoms. The molecule has 1 amide bonds. The van der Waals surface area contributed by atoms with Crippen molar-refractivity contribution in [2.24, 2.45) is 0 Å². The molecule has 3 heterocycles. The molecule has 0 N–H and O–H groups in total. The van der Waals surface area contributed by atoms with Crippen LogP contribution in [0.5, 0.6) is 0 Å². The molecule has 1 atom stereocenters. The maximum atomic E-state index is 12.6. The van der Waals surface area contributed by atoms with E-state index in [0.29, 0.717) is 5.92 Å². The number of carbonyl (C=O) groups excluding carboxylic acids is 1. The molecule has 2 aliphatic rings. The van der Waals surface area contributed by atoms with Crippen LogP contribution in [0, 0.1) is 0 Å². The lowest BCUT2D eigenvalue weighted by Crippen LogP contribution is -2.40. The Morgan fingerprint density at radius 3 is 2.91 bits per heavy atom. The number of carbonyl (C=O) groups is 1. The molecule has 0 bridgehead atoms. The van der Waals surface area contributed by atoms with Gasteiger partial charge in [0.05, 0.1) is 0 Å². The molecule has 1 saturated heterocycles. The summed E-state index contributed by atoms with van der Waals surface area (Å²) in [4.78, 5) is 14.6. The van der Waals surface area contributed by atoms with Crippen LogP contribution in [0.1, 0.15) is 69.9 Å². The summed E-state index contributed by atoms with van der Waals surface area (Å²) in [6.07, 6.45) is 9.85. The van der Waals surface area contributed by atoms with Gasteiger partial charge >= 0.3 is 0 Å². The molecule has 1 aromatic heterocycles. The van der Waals surface area contributed by atoms with Crippen molar-refractivity contribution in [3.8, 4) is 0 Å². The Kier molecular flexibility index (Phi) is 5.13. The van der Waals surface area contributed by atoms with Crippen molar-refractivity contribution in [3.05, 3.63) is 23.3 Å². The van der Waals surface area contributed by atoms with E-state index in [1.54, 1.807) is 0 Å². The van der Waals surface area contributed by atoms with Gasteiger partial charge < -0.3 is 9.47 Å². The fraction of sp³-hybridized carbons (Fsp3) is 0.722. The van der Waals surface area contributed by atoms with Crippen molar-refractivity contribution in [3.63, 3.8) is 0 Å². The first-order valence-corrected chi connectivity index (χ1v) is 9.08. The number of nitrogens with zero attached hydrogens (tertiary/aromatic N) is 4. The quantitative estimate of drug-likeness (QED) is 0.805. The number of amides is 1. The van der Waals surface area contributed by atoms with Crippen molar-refractivity contribution in [1.82, 2.24) is 19.7 Å². The van der Waals surface area contributed by atoms with Crippen LogP contribution < -0.4 is 0 Å². The number of likely N-dealkylation sites (tertiary alicyclic amines) is 1. The number of aryl methyl sites for hydroxylation is 1. The zero-order valence-corrected chi connectivity index (χ0v) is 14.4. The lowest BCUT2D eigenvalue weighted by Gasteiger charge is -2.32. The van der Waals surface area contributed by atoms with Gasteiger partial charge in [0, 0.05) is 37.5 Å². The first kappa shape index (κ1) is 16.2. The Labute approximate surface area is 138 Å². The molecule has 3 rings (SSSR count). The highest BCUT2D eigenvalue weighted by Gasteiger charge is 2.29. The molecule has 5 nitrogen and oxygen atoms in total. The Morgan fingerprint density at radius 2 is 2.09 bits per heavy atom. The average Bonchev–Trinajstić information content (AvgIpc) is 2.83. The first-order valence-electron chi connectivity index (χ1n) is 9.08. The number of piperidine rings is 1. The van der Waals surface area contributed by atoms with E-state index >= 15 is 0 Å². The monoisotopic (exact) mass is 316 g/mol. The summed E-state index contributed by atoms with van der Waals surface area (Å²) in [5.41, 5.74) is 0.869. The van der Waals surface area contributed by atoms with Crippen LogP contribution in [0.4, 0.5) is 0 Å². The second-order valence-corrected chi connectivity index (χ2v) is 6.82. The van der Waals surface area contributed by atoms with Crippen molar-refractivity contribution in [2.75, 3.05) is 13.1 Å². The molecule has 0 radical (unpaired) electrons. The predicted octanol–water partition coefficient (Wildman–Crippen LogP) is 3.07. The van der Waals surface area contributed by atoms with E-state index in [0.717, 1.165) is 62.5 Å². The molecule has 23 heavy (non-hydrogen) atoms. The number of fused-ring (bicyclic) bond motifs is 1. The van der Waals surface area contributed by atoms with Gasteiger partial charge in [0.1, 0.15) is 11.6 Å². The van der Waals surface area contributed by atoms with E-state index in [9.17, 15) is 4.79 Å². The average molecular weight is 316 g/mol. The molecule has 2 aliphatic heterocycles. The molecule has 1 unspecified atom stereocenters. The van der Waals surface area contributed by atoms with Gasteiger partial charge in [-0.05, 0) is 39.0 Å². The maximum absolute atomic E-state index is 12.6. The van der Waals surface area contributed by atoms with Crippen molar-refractivity contribution < 1.29 is 4.79 Å². The van der Waals surface area contributed by atoms with E-state index in [1.165, 1.54) is 19.3 Å². The highest BCUT2D eigenvalue weighted by molar-refractivity contribution is 5.92. The Balaban J connectivity index is 1.75. The number of hydrogen-bond acceptors (Lipinski definition) is 3. The molecule has 1 aromatic rings. The zero-order chi connectivity index (χ0) is 16.2. The molecule has 0 saturated carbocycles. The van der Waals surface area contributed by atoms with Crippen molar-refractivity contribution in [2.45, 2.75) is 71.3 Å². The Bertz CT molecular complexity index is 590. The molecular weight excluding hydrogens is 288 g/mol. The fourth-order valence-corrected chi connectivity index (χ4v) is 3.82. The van der Waals surface area contributed by atoms with E-state index in [2.05, 4.69) is 21.7 Å². The molecule has 0 aliphatic carbocycles. The number of hydrogen-bond donors (Lipinski definition) is 0. The van der Waals surface area contributed by atoms with E-state index < -0.39 is 0 Å². The fourth-order valence-electron chi connectivity index (χ4n) is 3.82. The van der Waals surface area contributed by atoms with Gasteiger partial charge in [-0.3, -0.25) is 4.79 Å². The third kappa shape index (κ3) is 3.48. The summed E-state index contributed by atoms with van der Waals surface area (Å²) >= 11 is 0. The van der Waals surface area contributed by atoms with Crippen LogP contribution >= 0.6 is 0 Å². The molecule has 5 heteroatoms. The summed E-state index contributed by atoms with van der Waals surface area (Å²) in [5, 5.41) is 8.92. The Morgan fingerprint density at radius 1 is 1.22 bits per heavy atom. The van der Waals surface area contributed by atoms with Crippen LogP contribution in [0.2, 0.25) is 0 Å². The SMILES string of the molecule is CCC=C(C)C(=O)N1CCCC(c2nnc3n2CCCCC3)C1. The van der Waals surface area contributed by atoms with Gasteiger partial charge in [0.25, 0.3) is 0 Å². The first-order chi connectivity index (χ1) is 11.2. The van der Waals surface area contributed by atoms with Gasteiger partial charge in [-0.1, -0.05) is 19.4 Å². The van der Waals surface area contributed by atoms with Crippen LogP contribution in [0.3, 0.4) is 0 Å². The van der Waals surface area contributed by atoms with Gasteiger partial charge in [-0.15, -0.1) is 10.2 Å². The molecule has 1 fully saturated rings. The Hall–Kier alpha value is -1.65. The lowest BCUT2D eigenvalue weighted by molar-refractivity contribution is -0.128. The standard InChI is InChI=1S/C18H28N4O/c1-3-8-14(2)18(23)21-11-7-9-15(13-21)17-20-19-16-10-5-4-6-12-22(16)17/h8,15H,3-7,9-13H2,1-2H3. The minimum Gasteiger partial charge on any atom is -0.338 e. The van der Waals surface area contributed by atoms with E-state index in [-0.39, 0.29) is 5.91 Å². The third-order valence-electron chi connectivity index (χ3n) is 5.06. The normalized spacial score (nSPS) is 22.6. The number of allylic oxidation sites excluding steroid dienone is 1. The second-order valence-electron chi connectivity index (χ2n) is 6.82. The highest BCUT2D eigenvalue weighted by atomic mass is 16.2.